The highest BCUT2D eigenvalue weighted by Crippen LogP contribution is 2.28. The molecule has 3 heterocycles. The molecule has 38 heavy (non-hydrogen) atoms. The van der Waals surface area contributed by atoms with Crippen molar-refractivity contribution in [1.29, 1.82) is 0 Å². The third-order valence-corrected chi connectivity index (χ3v) is 7.23. The maximum absolute atomic E-state index is 13.6. The lowest BCUT2D eigenvalue weighted by atomic mass is 10.0. The molecule has 2 aliphatic heterocycles. The monoisotopic (exact) mass is 505 g/mol. The second kappa shape index (κ2) is 10.0. The zero-order valence-corrected chi connectivity index (χ0v) is 20.8. The van der Waals surface area contributed by atoms with E-state index in [1.54, 1.807) is 24.3 Å². The number of carbonyl (C=O) groups is 3. The molecule has 0 aliphatic carbocycles. The molecule has 0 fully saturated rings. The Hall–Kier alpha value is -4.59. The predicted octanol–water partition coefficient (Wildman–Crippen LogP) is 4.52. The summed E-state index contributed by atoms with van der Waals surface area (Å²) >= 11 is 0. The average molecular weight is 506 g/mol. The smallest absolute Gasteiger partial charge is 0.262 e. The Balaban J connectivity index is 1.25. The van der Waals surface area contributed by atoms with Crippen LogP contribution in [0, 0.1) is 0 Å². The van der Waals surface area contributed by atoms with Crippen molar-refractivity contribution in [1.82, 2.24) is 19.7 Å². The fraction of sp³-hybridized carbons (Fsp3) is 0.233. The summed E-state index contributed by atoms with van der Waals surface area (Å²) in [6, 6.07) is 22.5. The number of hydrogen-bond donors (Lipinski definition) is 1. The van der Waals surface area contributed by atoms with Crippen molar-refractivity contribution in [3.8, 4) is 11.4 Å². The third kappa shape index (κ3) is 4.38. The van der Waals surface area contributed by atoms with Crippen molar-refractivity contribution in [3.05, 3.63) is 101 Å². The Morgan fingerprint density at radius 2 is 1.50 bits per heavy atom. The Bertz CT molecular complexity index is 1480. The van der Waals surface area contributed by atoms with Crippen molar-refractivity contribution in [3.63, 3.8) is 0 Å². The molecule has 0 spiro atoms. The van der Waals surface area contributed by atoms with Gasteiger partial charge in [0.25, 0.3) is 11.8 Å². The van der Waals surface area contributed by atoms with E-state index in [9.17, 15) is 14.4 Å². The fourth-order valence-electron chi connectivity index (χ4n) is 5.26. The number of aromatic nitrogens is 3. The molecule has 0 saturated carbocycles. The number of amides is 3. The molecule has 4 aromatic rings. The summed E-state index contributed by atoms with van der Waals surface area (Å²) in [5, 5.41) is 11.7. The van der Waals surface area contributed by atoms with Gasteiger partial charge in [-0.25, -0.2) is 0 Å². The Morgan fingerprint density at radius 3 is 2.21 bits per heavy atom. The molecule has 3 aromatic carbocycles. The van der Waals surface area contributed by atoms with Gasteiger partial charge in [0.1, 0.15) is 11.9 Å². The quantitative estimate of drug-likeness (QED) is 0.389. The molecule has 1 atom stereocenters. The van der Waals surface area contributed by atoms with E-state index in [1.807, 2.05) is 54.6 Å². The largest absolute Gasteiger partial charge is 0.324 e. The van der Waals surface area contributed by atoms with E-state index >= 15 is 0 Å². The van der Waals surface area contributed by atoms with Crippen LogP contribution in [0.25, 0.3) is 11.4 Å². The average Bonchev–Trinajstić information content (AvgIpc) is 3.35. The van der Waals surface area contributed by atoms with Crippen LogP contribution in [0.15, 0.2) is 78.9 Å². The van der Waals surface area contributed by atoms with Gasteiger partial charge >= 0.3 is 0 Å². The number of anilines is 1. The molecule has 6 rings (SSSR count). The number of hydrogen-bond acceptors (Lipinski definition) is 5. The topological polar surface area (TPSA) is 97.2 Å². The van der Waals surface area contributed by atoms with Crippen LogP contribution >= 0.6 is 0 Å². The normalized spacial score (nSPS) is 15.5. The first-order chi connectivity index (χ1) is 18.6. The van der Waals surface area contributed by atoms with E-state index in [1.165, 1.54) is 6.42 Å². The number of aryl methyl sites for hydroxylation is 1. The van der Waals surface area contributed by atoms with Crippen LogP contribution in [0.1, 0.15) is 51.4 Å². The standard InChI is InChI=1S/C30H27N5O3/c36-28(31-22-16-14-21(15-17-22)27-33-32-26-13-5-2-8-18-34(26)27)25(19-20-9-3-1-4-10-20)35-29(37)23-11-6-7-12-24(23)30(35)38/h1,3-4,6-7,9-12,14-17,25H,2,5,8,13,18-19H2,(H,31,36)/t25-/m1/s1. The van der Waals surface area contributed by atoms with Gasteiger partial charge in [0.05, 0.1) is 11.1 Å². The van der Waals surface area contributed by atoms with Crippen LogP contribution in [0.4, 0.5) is 5.69 Å². The minimum atomic E-state index is -1.00. The van der Waals surface area contributed by atoms with E-state index in [4.69, 9.17) is 0 Å². The molecule has 190 valence electrons. The predicted molar refractivity (Wildman–Crippen MR) is 143 cm³/mol. The Kier molecular flexibility index (Phi) is 6.29. The lowest BCUT2D eigenvalue weighted by molar-refractivity contribution is -0.119. The summed E-state index contributed by atoms with van der Waals surface area (Å²) in [6.07, 6.45) is 4.56. The number of nitrogens with one attached hydrogen (secondary N) is 1. The van der Waals surface area contributed by atoms with Crippen LogP contribution < -0.4 is 5.32 Å². The number of benzene rings is 3. The molecule has 3 amide bonds. The zero-order chi connectivity index (χ0) is 26.1. The number of imide groups is 1. The lowest BCUT2D eigenvalue weighted by Crippen LogP contribution is -2.48. The first-order valence-electron chi connectivity index (χ1n) is 12.9. The van der Waals surface area contributed by atoms with E-state index in [0.29, 0.717) is 16.8 Å². The molecule has 8 nitrogen and oxygen atoms in total. The number of nitrogens with zero attached hydrogens (tertiary/aromatic N) is 4. The van der Waals surface area contributed by atoms with Crippen LogP contribution in [0.2, 0.25) is 0 Å². The van der Waals surface area contributed by atoms with Crippen molar-refractivity contribution in [2.75, 3.05) is 5.32 Å². The molecule has 1 N–H and O–H groups in total. The highest BCUT2D eigenvalue weighted by molar-refractivity contribution is 6.23. The molecular formula is C30H27N5O3. The van der Waals surface area contributed by atoms with Gasteiger partial charge in [0.2, 0.25) is 5.91 Å². The number of carbonyl (C=O) groups excluding carboxylic acids is 3. The number of fused-ring (bicyclic) bond motifs is 2. The molecule has 1 aromatic heterocycles. The maximum Gasteiger partial charge on any atom is 0.262 e. The summed E-state index contributed by atoms with van der Waals surface area (Å²) in [5.41, 5.74) is 2.99. The first kappa shape index (κ1) is 23.8. The summed E-state index contributed by atoms with van der Waals surface area (Å²) in [7, 11) is 0. The van der Waals surface area contributed by atoms with E-state index in [-0.39, 0.29) is 6.42 Å². The van der Waals surface area contributed by atoms with Gasteiger partial charge < -0.3 is 9.88 Å². The molecule has 0 unspecified atom stereocenters. The summed E-state index contributed by atoms with van der Waals surface area (Å²) in [4.78, 5) is 41.1. The van der Waals surface area contributed by atoms with Crippen LogP contribution in [0.3, 0.4) is 0 Å². The van der Waals surface area contributed by atoms with Gasteiger partial charge in [-0.3, -0.25) is 19.3 Å². The SMILES string of the molecule is O=C(Nc1ccc(-c2nnc3n2CCCCC3)cc1)[C@@H](Cc1ccccc1)N1C(=O)c2ccccc2C1=O. The molecule has 0 saturated heterocycles. The van der Waals surface area contributed by atoms with Crippen LogP contribution in [0.5, 0.6) is 0 Å². The van der Waals surface area contributed by atoms with Crippen molar-refractivity contribution < 1.29 is 14.4 Å². The van der Waals surface area contributed by atoms with E-state index in [0.717, 1.165) is 53.5 Å². The number of rotatable bonds is 6. The van der Waals surface area contributed by atoms with Crippen LogP contribution in [-0.4, -0.2) is 43.4 Å². The van der Waals surface area contributed by atoms with Crippen molar-refractivity contribution in [2.45, 2.75) is 44.7 Å². The Morgan fingerprint density at radius 1 is 0.816 bits per heavy atom. The van der Waals surface area contributed by atoms with Gasteiger partial charge in [-0.05, 0) is 54.8 Å². The third-order valence-electron chi connectivity index (χ3n) is 7.23. The molecular weight excluding hydrogens is 478 g/mol. The lowest BCUT2D eigenvalue weighted by Gasteiger charge is -2.25. The maximum atomic E-state index is 13.6. The van der Waals surface area contributed by atoms with E-state index < -0.39 is 23.8 Å². The van der Waals surface area contributed by atoms with Gasteiger partial charge in [-0.1, -0.05) is 48.9 Å². The second-order valence-electron chi connectivity index (χ2n) is 9.70. The minimum Gasteiger partial charge on any atom is -0.324 e. The van der Waals surface area contributed by atoms with E-state index in [2.05, 4.69) is 20.1 Å². The van der Waals surface area contributed by atoms with Gasteiger partial charge in [-0.2, -0.15) is 0 Å². The van der Waals surface area contributed by atoms with Crippen molar-refractivity contribution >= 4 is 23.4 Å². The first-order valence-corrected chi connectivity index (χ1v) is 12.9. The molecule has 0 bridgehead atoms. The summed E-state index contributed by atoms with van der Waals surface area (Å²) in [6.45, 7) is 0.900. The fourth-order valence-corrected chi connectivity index (χ4v) is 5.26. The Labute approximate surface area is 220 Å². The zero-order valence-electron chi connectivity index (χ0n) is 20.8. The van der Waals surface area contributed by atoms with Crippen molar-refractivity contribution in [2.24, 2.45) is 0 Å². The molecule has 2 aliphatic rings. The second-order valence-corrected chi connectivity index (χ2v) is 9.70. The summed E-state index contributed by atoms with van der Waals surface area (Å²) < 4.78 is 2.18. The highest BCUT2D eigenvalue weighted by Gasteiger charge is 2.42. The minimum absolute atomic E-state index is 0.210. The van der Waals surface area contributed by atoms with Gasteiger partial charge in [-0.15, -0.1) is 10.2 Å². The van der Waals surface area contributed by atoms with Gasteiger partial charge in [0.15, 0.2) is 5.82 Å². The van der Waals surface area contributed by atoms with Gasteiger partial charge in [0, 0.05) is 30.6 Å². The summed E-state index contributed by atoms with van der Waals surface area (Å²) in [5.74, 6) is 0.508. The highest BCUT2D eigenvalue weighted by atomic mass is 16.2. The molecule has 8 heteroatoms. The molecule has 0 radical (unpaired) electrons. The van der Waals surface area contributed by atoms with Crippen LogP contribution in [-0.2, 0) is 24.2 Å².